The van der Waals surface area contributed by atoms with Gasteiger partial charge in [-0.15, -0.1) is 0 Å². The molecule has 0 saturated carbocycles. The van der Waals surface area contributed by atoms with Crippen molar-refractivity contribution in [1.29, 1.82) is 0 Å². The van der Waals surface area contributed by atoms with E-state index < -0.39 is 0 Å². The average molecular weight is 343 g/mol. The number of hydrogen-bond acceptors (Lipinski definition) is 5. The Bertz CT molecular complexity index is 763. The summed E-state index contributed by atoms with van der Waals surface area (Å²) in [7, 11) is 1.61. The van der Waals surface area contributed by atoms with E-state index in [-0.39, 0.29) is 18.2 Å². The fraction of sp³-hybridized carbons (Fsp3) is 0.389. The van der Waals surface area contributed by atoms with Crippen LogP contribution in [-0.4, -0.2) is 60.1 Å². The number of ether oxygens (including phenoxy) is 1. The molecule has 0 aliphatic carbocycles. The summed E-state index contributed by atoms with van der Waals surface area (Å²) >= 11 is 0. The number of aromatic nitrogens is 1. The zero-order valence-electron chi connectivity index (χ0n) is 14.4. The summed E-state index contributed by atoms with van der Waals surface area (Å²) in [5.74, 6) is 1.37. The molecule has 0 atom stereocenters. The first kappa shape index (κ1) is 17.0. The Kier molecular flexibility index (Phi) is 5.02. The number of nitrogens with zero attached hydrogens (tertiary/aromatic N) is 3. The number of piperazine rings is 1. The number of hydrogen-bond donors (Lipinski definition) is 0. The summed E-state index contributed by atoms with van der Waals surface area (Å²) in [4.78, 5) is 27.3. The molecule has 1 saturated heterocycles. The van der Waals surface area contributed by atoms with Crippen LogP contribution in [0.25, 0.3) is 11.3 Å². The Balaban J connectivity index is 1.61. The fourth-order valence-electron chi connectivity index (χ4n) is 2.84. The Labute approximate surface area is 146 Å². The average Bonchev–Trinajstić information content (AvgIpc) is 3.10. The predicted molar refractivity (Wildman–Crippen MR) is 91.0 cm³/mol. The highest BCUT2D eigenvalue weighted by Crippen LogP contribution is 2.24. The van der Waals surface area contributed by atoms with Crippen LogP contribution in [0.4, 0.5) is 0 Å². The Hall–Kier alpha value is -2.83. The van der Waals surface area contributed by atoms with Crippen molar-refractivity contribution in [1.82, 2.24) is 15.0 Å². The molecule has 7 nitrogen and oxygen atoms in total. The van der Waals surface area contributed by atoms with Gasteiger partial charge in [0.25, 0.3) is 0 Å². The molecule has 1 aromatic heterocycles. The SMILES string of the molecule is COc1cccc(-c2cc(CC(=O)N3CCN(C(C)=O)CC3)no2)c1. The normalized spacial score (nSPS) is 14.5. The third kappa shape index (κ3) is 3.99. The van der Waals surface area contributed by atoms with Crippen LogP contribution in [0.1, 0.15) is 12.6 Å². The van der Waals surface area contributed by atoms with Gasteiger partial charge in [0.2, 0.25) is 11.8 Å². The summed E-state index contributed by atoms with van der Waals surface area (Å²) in [5.41, 5.74) is 1.44. The first-order valence-corrected chi connectivity index (χ1v) is 8.20. The summed E-state index contributed by atoms with van der Waals surface area (Å²) in [6.45, 7) is 3.81. The molecule has 132 valence electrons. The molecule has 0 radical (unpaired) electrons. The molecule has 2 amide bonds. The van der Waals surface area contributed by atoms with Gasteiger partial charge in [-0.2, -0.15) is 0 Å². The van der Waals surface area contributed by atoms with Gasteiger partial charge in [-0.25, -0.2) is 0 Å². The van der Waals surface area contributed by atoms with Gasteiger partial charge in [-0.05, 0) is 12.1 Å². The number of carbonyl (C=O) groups is 2. The quantitative estimate of drug-likeness (QED) is 0.842. The van der Waals surface area contributed by atoms with E-state index in [9.17, 15) is 9.59 Å². The van der Waals surface area contributed by atoms with Gasteiger partial charge in [0.05, 0.1) is 19.2 Å². The number of benzene rings is 1. The van der Waals surface area contributed by atoms with Crippen LogP contribution in [0.2, 0.25) is 0 Å². The van der Waals surface area contributed by atoms with Crippen LogP contribution in [0, 0.1) is 0 Å². The maximum absolute atomic E-state index is 12.4. The third-order valence-electron chi connectivity index (χ3n) is 4.32. The maximum atomic E-state index is 12.4. The molecular weight excluding hydrogens is 322 g/mol. The van der Waals surface area contributed by atoms with Crippen LogP contribution in [-0.2, 0) is 16.0 Å². The number of methoxy groups -OCH3 is 1. The van der Waals surface area contributed by atoms with Gasteiger partial charge in [0.1, 0.15) is 5.75 Å². The highest BCUT2D eigenvalue weighted by atomic mass is 16.5. The topological polar surface area (TPSA) is 75.9 Å². The van der Waals surface area contributed by atoms with Crippen molar-refractivity contribution in [3.8, 4) is 17.1 Å². The first-order valence-electron chi connectivity index (χ1n) is 8.20. The van der Waals surface area contributed by atoms with Gasteiger partial charge >= 0.3 is 0 Å². The maximum Gasteiger partial charge on any atom is 0.228 e. The van der Waals surface area contributed by atoms with Crippen molar-refractivity contribution < 1.29 is 18.8 Å². The second-order valence-electron chi connectivity index (χ2n) is 5.98. The van der Waals surface area contributed by atoms with Gasteiger partial charge in [-0.3, -0.25) is 9.59 Å². The van der Waals surface area contributed by atoms with Crippen molar-refractivity contribution in [2.75, 3.05) is 33.3 Å². The van der Waals surface area contributed by atoms with Crippen LogP contribution in [0.3, 0.4) is 0 Å². The minimum absolute atomic E-state index is 0.00584. The van der Waals surface area contributed by atoms with Crippen molar-refractivity contribution in [2.45, 2.75) is 13.3 Å². The van der Waals surface area contributed by atoms with Crippen LogP contribution in [0.5, 0.6) is 5.75 Å². The molecule has 1 aliphatic rings. The fourth-order valence-corrected chi connectivity index (χ4v) is 2.84. The summed E-state index contributed by atoms with van der Waals surface area (Å²) in [6.07, 6.45) is 0.188. The van der Waals surface area contributed by atoms with Crippen molar-refractivity contribution in [2.24, 2.45) is 0 Å². The predicted octanol–water partition coefficient (Wildman–Crippen LogP) is 1.58. The Morgan fingerprint density at radius 1 is 1.16 bits per heavy atom. The summed E-state index contributed by atoms with van der Waals surface area (Å²) < 4.78 is 10.6. The molecule has 1 fully saturated rings. The molecule has 1 aliphatic heterocycles. The first-order chi connectivity index (χ1) is 12.1. The van der Waals surface area contributed by atoms with E-state index in [2.05, 4.69) is 5.16 Å². The lowest BCUT2D eigenvalue weighted by molar-refractivity contribution is -0.138. The lowest BCUT2D eigenvalue weighted by atomic mass is 10.1. The van der Waals surface area contributed by atoms with Crippen LogP contribution in [0.15, 0.2) is 34.9 Å². The smallest absolute Gasteiger partial charge is 0.228 e. The summed E-state index contributed by atoms with van der Waals surface area (Å²) in [5, 5.41) is 4.00. The minimum atomic E-state index is -0.00584. The van der Waals surface area contributed by atoms with E-state index in [4.69, 9.17) is 9.26 Å². The molecule has 2 heterocycles. The molecular formula is C18H21N3O4. The molecule has 25 heavy (non-hydrogen) atoms. The standard InChI is InChI=1S/C18H21N3O4/c1-13(22)20-6-8-21(9-7-20)18(23)12-15-11-17(25-19-15)14-4-3-5-16(10-14)24-2/h3-5,10-11H,6-9,12H2,1-2H3. The van der Waals surface area contributed by atoms with Crippen molar-refractivity contribution in [3.05, 3.63) is 36.0 Å². The van der Waals surface area contributed by atoms with E-state index in [0.717, 1.165) is 11.3 Å². The van der Waals surface area contributed by atoms with E-state index >= 15 is 0 Å². The number of carbonyl (C=O) groups excluding carboxylic acids is 2. The molecule has 0 bridgehead atoms. The molecule has 1 aromatic carbocycles. The molecule has 0 spiro atoms. The molecule has 2 aromatic rings. The van der Waals surface area contributed by atoms with E-state index in [1.165, 1.54) is 0 Å². The lowest BCUT2D eigenvalue weighted by Gasteiger charge is -2.34. The highest BCUT2D eigenvalue weighted by molar-refractivity contribution is 5.79. The highest BCUT2D eigenvalue weighted by Gasteiger charge is 2.23. The number of rotatable bonds is 4. The third-order valence-corrected chi connectivity index (χ3v) is 4.32. The van der Waals surface area contributed by atoms with Gasteiger partial charge in [0, 0.05) is 44.7 Å². The van der Waals surface area contributed by atoms with Crippen LogP contribution >= 0.6 is 0 Å². The molecule has 0 N–H and O–H groups in total. The van der Waals surface area contributed by atoms with Crippen molar-refractivity contribution >= 4 is 11.8 Å². The van der Waals surface area contributed by atoms with Gasteiger partial charge < -0.3 is 19.1 Å². The Morgan fingerprint density at radius 2 is 1.88 bits per heavy atom. The molecule has 7 heteroatoms. The molecule has 3 rings (SSSR count). The summed E-state index contributed by atoms with van der Waals surface area (Å²) in [6, 6.07) is 9.25. The second-order valence-corrected chi connectivity index (χ2v) is 5.98. The second kappa shape index (κ2) is 7.38. The minimum Gasteiger partial charge on any atom is -0.497 e. The van der Waals surface area contributed by atoms with Gasteiger partial charge in [0.15, 0.2) is 5.76 Å². The van der Waals surface area contributed by atoms with E-state index in [1.807, 2.05) is 24.3 Å². The van der Waals surface area contributed by atoms with E-state index in [0.29, 0.717) is 37.6 Å². The Morgan fingerprint density at radius 3 is 2.56 bits per heavy atom. The zero-order chi connectivity index (χ0) is 17.8. The van der Waals surface area contributed by atoms with Crippen LogP contribution < -0.4 is 4.74 Å². The van der Waals surface area contributed by atoms with E-state index in [1.54, 1.807) is 29.9 Å². The monoisotopic (exact) mass is 343 g/mol. The van der Waals surface area contributed by atoms with Gasteiger partial charge in [-0.1, -0.05) is 17.3 Å². The zero-order valence-corrected chi connectivity index (χ0v) is 14.4. The van der Waals surface area contributed by atoms with Crippen molar-refractivity contribution in [3.63, 3.8) is 0 Å². The largest absolute Gasteiger partial charge is 0.497 e. The lowest BCUT2D eigenvalue weighted by Crippen LogP contribution is -2.50. The number of amides is 2. The molecule has 0 unspecified atom stereocenters.